The highest BCUT2D eigenvalue weighted by Crippen LogP contribution is 2.34. The van der Waals surface area contributed by atoms with Crippen molar-refractivity contribution in [2.75, 3.05) is 20.7 Å². The first-order valence-corrected chi connectivity index (χ1v) is 8.22. The molecule has 0 spiro atoms. The standard InChI is InChI=1S/C13H15ClF3NO4S/c1-18(7-3-4-12(19)22-2)23(20,21)11-8-9(13(15,16)17)5-6-10(11)14/h5-6,8H,3-4,7H2,1-2H3. The van der Waals surface area contributed by atoms with Crippen molar-refractivity contribution in [1.29, 1.82) is 0 Å². The monoisotopic (exact) mass is 373 g/mol. The maximum Gasteiger partial charge on any atom is 0.416 e. The van der Waals surface area contributed by atoms with E-state index in [0.717, 1.165) is 10.4 Å². The van der Waals surface area contributed by atoms with E-state index in [0.29, 0.717) is 12.1 Å². The molecule has 1 aromatic rings. The predicted octanol–water partition coefficient (Wildman–Crippen LogP) is 2.93. The first-order chi connectivity index (χ1) is 10.5. The third-order valence-electron chi connectivity index (χ3n) is 3.03. The molecule has 0 bridgehead atoms. The van der Waals surface area contributed by atoms with Gasteiger partial charge < -0.3 is 4.74 Å². The van der Waals surface area contributed by atoms with Crippen LogP contribution < -0.4 is 0 Å². The number of halogens is 4. The zero-order valence-electron chi connectivity index (χ0n) is 12.4. The van der Waals surface area contributed by atoms with Gasteiger partial charge in [0.25, 0.3) is 0 Å². The lowest BCUT2D eigenvalue weighted by Crippen LogP contribution is -2.29. The maximum atomic E-state index is 12.7. The number of benzene rings is 1. The van der Waals surface area contributed by atoms with Gasteiger partial charge in [0.1, 0.15) is 4.90 Å². The maximum absolute atomic E-state index is 12.7. The Balaban J connectivity index is 3.01. The van der Waals surface area contributed by atoms with Crippen molar-refractivity contribution in [3.05, 3.63) is 28.8 Å². The summed E-state index contributed by atoms with van der Waals surface area (Å²) < 4.78 is 68.1. The van der Waals surface area contributed by atoms with Crippen molar-refractivity contribution in [3.63, 3.8) is 0 Å². The molecule has 0 fully saturated rings. The minimum atomic E-state index is -4.68. The Labute approximate surface area is 137 Å². The van der Waals surface area contributed by atoms with Gasteiger partial charge in [-0.05, 0) is 24.6 Å². The van der Waals surface area contributed by atoms with E-state index in [1.807, 2.05) is 0 Å². The Kier molecular flexibility index (Phi) is 6.43. The molecule has 0 atom stereocenters. The summed E-state index contributed by atoms with van der Waals surface area (Å²) in [6.07, 6.45) is -4.52. The summed E-state index contributed by atoms with van der Waals surface area (Å²) in [6, 6.07) is 2.09. The molecule has 130 valence electrons. The van der Waals surface area contributed by atoms with Crippen LogP contribution in [0.25, 0.3) is 0 Å². The highest BCUT2D eigenvalue weighted by molar-refractivity contribution is 7.89. The lowest BCUT2D eigenvalue weighted by Gasteiger charge is -2.18. The van der Waals surface area contributed by atoms with Gasteiger partial charge in [0.15, 0.2) is 0 Å². The van der Waals surface area contributed by atoms with Crippen LogP contribution in [0.2, 0.25) is 5.02 Å². The van der Waals surface area contributed by atoms with Crippen molar-refractivity contribution >= 4 is 27.6 Å². The molecule has 0 radical (unpaired) electrons. The SMILES string of the molecule is COC(=O)CCCN(C)S(=O)(=O)c1cc(C(F)(F)F)ccc1Cl. The van der Waals surface area contributed by atoms with Crippen molar-refractivity contribution in [2.45, 2.75) is 23.9 Å². The zero-order valence-corrected chi connectivity index (χ0v) is 13.9. The molecule has 0 aliphatic rings. The van der Waals surface area contributed by atoms with Crippen LogP contribution in [0, 0.1) is 0 Å². The Morgan fingerprint density at radius 3 is 2.48 bits per heavy atom. The third kappa shape index (κ3) is 5.08. The van der Waals surface area contributed by atoms with E-state index in [-0.39, 0.29) is 24.4 Å². The van der Waals surface area contributed by atoms with Crippen LogP contribution in [-0.2, 0) is 25.7 Å². The van der Waals surface area contributed by atoms with Crippen LogP contribution in [0.5, 0.6) is 0 Å². The second-order valence-electron chi connectivity index (χ2n) is 4.65. The Bertz CT molecular complexity index is 676. The lowest BCUT2D eigenvalue weighted by molar-refractivity contribution is -0.141. The fourth-order valence-corrected chi connectivity index (χ4v) is 3.42. The highest BCUT2D eigenvalue weighted by atomic mass is 35.5. The van der Waals surface area contributed by atoms with Gasteiger partial charge in [0.05, 0.1) is 17.7 Å². The molecule has 1 aromatic carbocycles. The Hall–Kier alpha value is -1.32. The lowest BCUT2D eigenvalue weighted by atomic mass is 10.2. The molecule has 1 rings (SSSR count). The number of ether oxygens (including phenoxy) is 1. The van der Waals surface area contributed by atoms with E-state index in [9.17, 15) is 26.4 Å². The van der Waals surface area contributed by atoms with Crippen LogP contribution in [-0.4, -0.2) is 39.4 Å². The molecule has 0 aliphatic heterocycles. The number of nitrogens with zero attached hydrogens (tertiary/aromatic N) is 1. The van der Waals surface area contributed by atoms with Gasteiger partial charge in [-0.2, -0.15) is 13.2 Å². The average Bonchev–Trinajstić information content (AvgIpc) is 2.45. The summed E-state index contributed by atoms with van der Waals surface area (Å²) in [7, 11) is -1.81. The molecular weight excluding hydrogens is 359 g/mol. The predicted molar refractivity (Wildman–Crippen MR) is 77.5 cm³/mol. The number of hydrogen-bond acceptors (Lipinski definition) is 4. The van der Waals surface area contributed by atoms with E-state index in [4.69, 9.17) is 11.6 Å². The number of carbonyl (C=O) groups excluding carboxylic acids is 1. The Morgan fingerprint density at radius 2 is 1.96 bits per heavy atom. The number of alkyl halides is 3. The van der Waals surface area contributed by atoms with Crippen molar-refractivity contribution < 1.29 is 31.1 Å². The number of methoxy groups -OCH3 is 1. The van der Waals surface area contributed by atoms with Crippen molar-refractivity contribution in [3.8, 4) is 0 Å². The molecule has 0 saturated carbocycles. The molecule has 0 amide bonds. The molecule has 23 heavy (non-hydrogen) atoms. The molecule has 0 aromatic heterocycles. The first kappa shape index (κ1) is 19.7. The zero-order chi connectivity index (χ0) is 17.8. The summed E-state index contributed by atoms with van der Waals surface area (Å²) in [5, 5.41) is -0.308. The summed E-state index contributed by atoms with van der Waals surface area (Å²) in [5.74, 6) is -0.507. The van der Waals surface area contributed by atoms with E-state index in [1.54, 1.807) is 0 Å². The van der Waals surface area contributed by atoms with Gasteiger partial charge in [-0.1, -0.05) is 11.6 Å². The molecule has 5 nitrogen and oxygen atoms in total. The topological polar surface area (TPSA) is 63.7 Å². The van der Waals surface area contributed by atoms with E-state index < -0.39 is 32.6 Å². The fourth-order valence-electron chi connectivity index (χ4n) is 1.71. The number of esters is 1. The molecule has 0 heterocycles. The largest absolute Gasteiger partial charge is 0.469 e. The van der Waals surface area contributed by atoms with Crippen molar-refractivity contribution in [2.24, 2.45) is 0 Å². The summed E-state index contributed by atoms with van der Waals surface area (Å²) in [5.41, 5.74) is -1.11. The molecule has 10 heteroatoms. The van der Waals surface area contributed by atoms with Gasteiger partial charge in [0.2, 0.25) is 10.0 Å². The minimum absolute atomic E-state index is 0.00726. The second kappa shape index (κ2) is 7.50. The van der Waals surface area contributed by atoms with Crippen LogP contribution in [0.15, 0.2) is 23.1 Å². The molecule has 0 aliphatic carbocycles. The number of hydrogen-bond donors (Lipinski definition) is 0. The molecule has 0 saturated heterocycles. The van der Waals surface area contributed by atoms with Crippen molar-refractivity contribution in [1.82, 2.24) is 4.31 Å². The van der Waals surface area contributed by atoms with Crippen LogP contribution in [0.4, 0.5) is 13.2 Å². The van der Waals surface area contributed by atoms with E-state index in [2.05, 4.69) is 4.74 Å². The second-order valence-corrected chi connectivity index (χ2v) is 7.07. The van der Waals surface area contributed by atoms with Gasteiger partial charge in [-0.25, -0.2) is 12.7 Å². The highest BCUT2D eigenvalue weighted by Gasteiger charge is 2.33. The van der Waals surface area contributed by atoms with Gasteiger partial charge >= 0.3 is 12.1 Å². The first-order valence-electron chi connectivity index (χ1n) is 6.40. The Morgan fingerprint density at radius 1 is 1.35 bits per heavy atom. The van der Waals surface area contributed by atoms with Crippen LogP contribution >= 0.6 is 11.6 Å². The van der Waals surface area contributed by atoms with Crippen LogP contribution in [0.1, 0.15) is 18.4 Å². The van der Waals surface area contributed by atoms with E-state index >= 15 is 0 Å². The number of carbonyl (C=O) groups is 1. The van der Waals surface area contributed by atoms with Crippen LogP contribution in [0.3, 0.4) is 0 Å². The number of sulfonamides is 1. The van der Waals surface area contributed by atoms with Gasteiger partial charge in [0, 0.05) is 20.0 Å². The third-order valence-corrected chi connectivity index (χ3v) is 5.37. The summed E-state index contributed by atoms with van der Waals surface area (Å²) >= 11 is 5.73. The van der Waals surface area contributed by atoms with E-state index in [1.165, 1.54) is 14.2 Å². The van der Waals surface area contributed by atoms with Gasteiger partial charge in [-0.3, -0.25) is 4.79 Å². The number of rotatable bonds is 6. The normalized spacial score (nSPS) is 12.5. The molecular formula is C13H15ClF3NO4S. The minimum Gasteiger partial charge on any atom is -0.469 e. The fraction of sp³-hybridized carbons (Fsp3) is 0.462. The smallest absolute Gasteiger partial charge is 0.416 e. The summed E-state index contributed by atoms with van der Waals surface area (Å²) in [6.45, 7) is -0.0655. The van der Waals surface area contributed by atoms with Gasteiger partial charge in [-0.15, -0.1) is 0 Å². The summed E-state index contributed by atoms with van der Waals surface area (Å²) in [4.78, 5) is 10.4. The molecule has 0 unspecified atom stereocenters. The molecule has 0 N–H and O–H groups in total. The quantitative estimate of drug-likeness (QED) is 0.719. The average molecular weight is 374 g/mol.